The standard InChI is InChI=1S/C20H19NO2/c1-15-18(20(22)17-10-6-3-7-11-17)12-13-19(21-15)23-14-16-8-4-2-5-9-16/h2-13,20,22H,14H2,1H3/t20-/m0/s1. The van der Waals surface area contributed by atoms with Gasteiger partial charge >= 0.3 is 0 Å². The number of aliphatic hydroxyl groups excluding tert-OH is 1. The number of nitrogens with zero attached hydrogens (tertiary/aromatic N) is 1. The van der Waals surface area contributed by atoms with E-state index in [9.17, 15) is 5.11 Å². The molecule has 1 atom stereocenters. The number of benzene rings is 2. The predicted octanol–water partition coefficient (Wildman–Crippen LogP) is 4.05. The molecule has 116 valence electrons. The average molecular weight is 305 g/mol. The van der Waals surface area contributed by atoms with E-state index in [0.29, 0.717) is 12.5 Å². The Labute approximate surface area is 136 Å². The maximum absolute atomic E-state index is 10.5. The first-order valence-corrected chi connectivity index (χ1v) is 7.61. The van der Waals surface area contributed by atoms with Crippen LogP contribution in [0.25, 0.3) is 0 Å². The van der Waals surface area contributed by atoms with E-state index >= 15 is 0 Å². The minimum absolute atomic E-state index is 0.480. The van der Waals surface area contributed by atoms with Gasteiger partial charge in [-0.1, -0.05) is 60.7 Å². The van der Waals surface area contributed by atoms with Gasteiger partial charge in [0.1, 0.15) is 12.7 Å². The van der Waals surface area contributed by atoms with Crippen molar-refractivity contribution >= 4 is 0 Å². The molecule has 3 nitrogen and oxygen atoms in total. The number of aromatic nitrogens is 1. The molecule has 1 heterocycles. The summed E-state index contributed by atoms with van der Waals surface area (Å²) >= 11 is 0. The van der Waals surface area contributed by atoms with Crippen molar-refractivity contribution in [2.24, 2.45) is 0 Å². The molecular weight excluding hydrogens is 286 g/mol. The number of rotatable bonds is 5. The largest absolute Gasteiger partial charge is 0.473 e. The van der Waals surface area contributed by atoms with Crippen LogP contribution in [0.3, 0.4) is 0 Å². The van der Waals surface area contributed by atoms with Gasteiger partial charge in [0.2, 0.25) is 5.88 Å². The lowest BCUT2D eigenvalue weighted by Gasteiger charge is -2.14. The first-order chi connectivity index (χ1) is 11.2. The van der Waals surface area contributed by atoms with Crippen LogP contribution >= 0.6 is 0 Å². The molecule has 0 aliphatic rings. The molecule has 0 unspecified atom stereocenters. The zero-order chi connectivity index (χ0) is 16.1. The SMILES string of the molecule is Cc1nc(OCc2ccccc2)ccc1[C@@H](O)c1ccccc1. The third kappa shape index (κ3) is 3.76. The van der Waals surface area contributed by atoms with Gasteiger partial charge in [-0.25, -0.2) is 4.98 Å². The summed E-state index contributed by atoms with van der Waals surface area (Å²) in [5.41, 5.74) is 3.52. The normalized spacial score (nSPS) is 11.9. The Balaban J connectivity index is 1.73. The Kier molecular flexibility index (Phi) is 4.69. The zero-order valence-electron chi connectivity index (χ0n) is 13.0. The van der Waals surface area contributed by atoms with Crippen LogP contribution in [-0.4, -0.2) is 10.1 Å². The summed E-state index contributed by atoms with van der Waals surface area (Å²) in [6, 6.07) is 23.2. The number of hydrogen-bond donors (Lipinski definition) is 1. The second-order valence-corrected chi connectivity index (χ2v) is 5.41. The van der Waals surface area contributed by atoms with Gasteiger partial charge in [-0.3, -0.25) is 0 Å². The zero-order valence-corrected chi connectivity index (χ0v) is 13.0. The van der Waals surface area contributed by atoms with Gasteiger partial charge < -0.3 is 9.84 Å². The topological polar surface area (TPSA) is 42.4 Å². The second kappa shape index (κ2) is 7.07. The third-order valence-electron chi connectivity index (χ3n) is 3.74. The molecule has 0 saturated carbocycles. The number of ether oxygens (including phenoxy) is 1. The second-order valence-electron chi connectivity index (χ2n) is 5.41. The van der Waals surface area contributed by atoms with E-state index in [4.69, 9.17) is 4.74 Å². The third-order valence-corrected chi connectivity index (χ3v) is 3.74. The van der Waals surface area contributed by atoms with E-state index in [0.717, 1.165) is 22.4 Å². The summed E-state index contributed by atoms with van der Waals surface area (Å²) in [5, 5.41) is 10.5. The van der Waals surface area contributed by atoms with Crippen molar-refractivity contribution in [1.29, 1.82) is 0 Å². The van der Waals surface area contributed by atoms with Crippen molar-refractivity contribution in [3.63, 3.8) is 0 Å². The molecule has 0 spiro atoms. The lowest BCUT2D eigenvalue weighted by Crippen LogP contribution is -2.05. The molecule has 3 aromatic rings. The highest BCUT2D eigenvalue weighted by Crippen LogP contribution is 2.25. The highest BCUT2D eigenvalue weighted by Gasteiger charge is 2.14. The Hall–Kier alpha value is -2.65. The van der Waals surface area contributed by atoms with Crippen molar-refractivity contribution in [1.82, 2.24) is 4.98 Å². The van der Waals surface area contributed by atoms with Gasteiger partial charge in [-0.05, 0) is 24.1 Å². The van der Waals surface area contributed by atoms with Gasteiger partial charge in [0, 0.05) is 17.3 Å². The molecule has 3 rings (SSSR count). The molecule has 0 aliphatic heterocycles. The Morgan fingerprint density at radius 2 is 1.57 bits per heavy atom. The summed E-state index contributed by atoms with van der Waals surface area (Å²) < 4.78 is 5.72. The maximum atomic E-state index is 10.5. The first kappa shape index (κ1) is 15.3. The molecule has 3 heteroatoms. The van der Waals surface area contributed by atoms with Crippen molar-refractivity contribution < 1.29 is 9.84 Å². The molecule has 23 heavy (non-hydrogen) atoms. The van der Waals surface area contributed by atoms with E-state index in [1.54, 1.807) is 6.07 Å². The molecule has 0 aliphatic carbocycles. The number of aryl methyl sites for hydroxylation is 1. The maximum Gasteiger partial charge on any atom is 0.213 e. The van der Waals surface area contributed by atoms with Crippen LogP contribution in [0.1, 0.15) is 28.5 Å². The lowest BCUT2D eigenvalue weighted by atomic mass is 10.0. The predicted molar refractivity (Wildman–Crippen MR) is 90.3 cm³/mol. The monoisotopic (exact) mass is 305 g/mol. The quantitative estimate of drug-likeness (QED) is 0.773. The highest BCUT2D eigenvalue weighted by molar-refractivity contribution is 5.34. The molecule has 0 radical (unpaired) electrons. The molecule has 0 fully saturated rings. The van der Waals surface area contributed by atoms with Gasteiger partial charge in [-0.2, -0.15) is 0 Å². The minimum Gasteiger partial charge on any atom is -0.473 e. The van der Waals surface area contributed by atoms with Gasteiger partial charge in [-0.15, -0.1) is 0 Å². The van der Waals surface area contributed by atoms with Crippen molar-refractivity contribution in [3.8, 4) is 5.88 Å². The number of pyridine rings is 1. The molecule has 0 amide bonds. The smallest absolute Gasteiger partial charge is 0.213 e. The fraction of sp³-hybridized carbons (Fsp3) is 0.150. The van der Waals surface area contributed by atoms with Crippen LogP contribution in [0.15, 0.2) is 72.8 Å². The van der Waals surface area contributed by atoms with Gasteiger partial charge in [0.05, 0.1) is 0 Å². The number of hydrogen-bond acceptors (Lipinski definition) is 3. The summed E-state index contributed by atoms with van der Waals surface area (Å²) in [4.78, 5) is 4.45. The van der Waals surface area contributed by atoms with Gasteiger partial charge in [0.15, 0.2) is 0 Å². The van der Waals surface area contributed by atoms with E-state index in [-0.39, 0.29) is 0 Å². The summed E-state index contributed by atoms with van der Waals surface area (Å²) in [7, 11) is 0. The Bertz CT molecular complexity index is 757. The molecular formula is C20H19NO2. The lowest BCUT2D eigenvalue weighted by molar-refractivity contribution is 0.218. The van der Waals surface area contributed by atoms with Crippen LogP contribution in [0, 0.1) is 6.92 Å². The van der Waals surface area contributed by atoms with Crippen molar-refractivity contribution in [2.75, 3.05) is 0 Å². The van der Waals surface area contributed by atoms with Crippen LogP contribution < -0.4 is 4.74 Å². The van der Waals surface area contributed by atoms with E-state index in [1.165, 1.54) is 0 Å². The summed E-state index contributed by atoms with van der Waals surface area (Å²) in [5.74, 6) is 0.565. The van der Waals surface area contributed by atoms with Crippen LogP contribution in [0.5, 0.6) is 5.88 Å². The molecule has 0 saturated heterocycles. The fourth-order valence-electron chi connectivity index (χ4n) is 2.46. The molecule has 0 bridgehead atoms. The van der Waals surface area contributed by atoms with Crippen molar-refractivity contribution in [3.05, 3.63) is 95.2 Å². The first-order valence-electron chi connectivity index (χ1n) is 7.61. The summed E-state index contributed by atoms with van der Waals surface area (Å²) in [6.45, 7) is 2.37. The molecule has 1 N–H and O–H groups in total. The number of aliphatic hydroxyl groups is 1. The van der Waals surface area contributed by atoms with Crippen molar-refractivity contribution in [2.45, 2.75) is 19.6 Å². The van der Waals surface area contributed by atoms with E-state index < -0.39 is 6.10 Å². The Morgan fingerprint density at radius 3 is 2.22 bits per heavy atom. The fourth-order valence-corrected chi connectivity index (χ4v) is 2.46. The highest BCUT2D eigenvalue weighted by atomic mass is 16.5. The van der Waals surface area contributed by atoms with E-state index in [2.05, 4.69) is 4.98 Å². The van der Waals surface area contributed by atoms with Gasteiger partial charge in [0.25, 0.3) is 0 Å². The Morgan fingerprint density at radius 1 is 0.913 bits per heavy atom. The molecule has 2 aromatic carbocycles. The minimum atomic E-state index is -0.674. The van der Waals surface area contributed by atoms with E-state index in [1.807, 2.05) is 73.7 Å². The average Bonchev–Trinajstić information content (AvgIpc) is 2.61. The summed E-state index contributed by atoms with van der Waals surface area (Å²) in [6.07, 6.45) is -0.674. The van der Waals surface area contributed by atoms with Crippen LogP contribution in [0.4, 0.5) is 0 Å². The van der Waals surface area contributed by atoms with Crippen LogP contribution in [-0.2, 0) is 6.61 Å². The molecule has 1 aromatic heterocycles. The van der Waals surface area contributed by atoms with Crippen LogP contribution in [0.2, 0.25) is 0 Å².